The molecule has 0 radical (unpaired) electrons. The molecule has 94 valence electrons. The minimum atomic E-state index is -0.330. The fraction of sp³-hybridized carbons (Fsp3) is 0.600. The van der Waals surface area contributed by atoms with E-state index in [9.17, 15) is 5.11 Å². The third-order valence-corrected chi connectivity index (χ3v) is 3.30. The molecule has 0 aromatic heterocycles. The van der Waals surface area contributed by atoms with Gasteiger partial charge in [0.15, 0.2) is 0 Å². The Morgan fingerprint density at radius 2 is 2.18 bits per heavy atom. The lowest BCUT2D eigenvalue weighted by Gasteiger charge is -2.16. The fourth-order valence-corrected chi connectivity index (χ4v) is 2.40. The first kappa shape index (κ1) is 12.4. The Balaban J connectivity index is 2.13. The number of aliphatic hydroxyl groups excluding tert-OH is 1. The van der Waals surface area contributed by atoms with Gasteiger partial charge in [0.05, 0.1) is 6.10 Å². The molecule has 2 rings (SSSR count). The lowest BCUT2D eigenvalue weighted by Crippen LogP contribution is -2.24. The molecule has 1 N–H and O–H groups in total. The van der Waals surface area contributed by atoms with Gasteiger partial charge in [-0.15, -0.1) is 0 Å². The van der Waals surface area contributed by atoms with Gasteiger partial charge in [0, 0.05) is 6.42 Å². The Morgan fingerprint density at radius 3 is 2.88 bits per heavy atom. The third-order valence-electron chi connectivity index (χ3n) is 3.30. The van der Waals surface area contributed by atoms with Gasteiger partial charge in [-0.3, -0.25) is 0 Å². The van der Waals surface area contributed by atoms with E-state index in [1.807, 2.05) is 12.1 Å². The molecule has 2 heteroatoms. The van der Waals surface area contributed by atoms with Crippen LogP contribution in [0.2, 0.25) is 0 Å². The molecule has 0 saturated heterocycles. The molecule has 1 unspecified atom stereocenters. The van der Waals surface area contributed by atoms with Crippen LogP contribution in [-0.2, 0) is 6.42 Å². The summed E-state index contributed by atoms with van der Waals surface area (Å²) in [5.41, 5.74) is 2.15. The molecular formula is C15H22O2. The first-order valence-corrected chi connectivity index (χ1v) is 6.52. The zero-order chi connectivity index (χ0) is 12.5. The maximum absolute atomic E-state index is 10.1. The van der Waals surface area contributed by atoms with Crippen molar-refractivity contribution in [3.8, 4) is 5.75 Å². The van der Waals surface area contributed by atoms with Gasteiger partial charge >= 0.3 is 0 Å². The molecule has 0 bridgehead atoms. The van der Waals surface area contributed by atoms with Crippen molar-refractivity contribution < 1.29 is 9.84 Å². The van der Waals surface area contributed by atoms with E-state index in [2.05, 4.69) is 26.8 Å². The molecule has 1 aliphatic rings. The van der Waals surface area contributed by atoms with Crippen molar-refractivity contribution in [2.45, 2.75) is 58.2 Å². The lowest BCUT2D eigenvalue weighted by molar-refractivity contribution is 0.138. The molecule has 1 heterocycles. The van der Waals surface area contributed by atoms with Gasteiger partial charge in [0.25, 0.3) is 0 Å². The lowest BCUT2D eigenvalue weighted by atomic mass is 9.97. The Morgan fingerprint density at radius 1 is 1.41 bits per heavy atom. The van der Waals surface area contributed by atoms with Gasteiger partial charge in [-0.2, -0.15) is 0 Å². The average molecular weight is 234 g/mol. The van der Waals surface area contributed by atoms with Crippen LogP contribution in [-0.4, -0.2) is 10.7 Å². The molecule has 1 atom stereocenters. The zero-order valence-corrected chi connectivity index (χ0v) is 11.0. The highest BCUT2D eigenvalue weighted by Crippen LogP contribution is 2.36. The van der Waals surface area contributed by atoms with Crippen LogP contribution in [0.1, 0.15) is 57.3 Å². The van der Waals surface area contributed by atoms with Gasteiger partial charge in [-0.1, -0.05) is 25.8 Å². The van der Waals surface area contributed by atoms with E-state index in [0.717, 1.165) is 37.0 Å². The molecule has 0 amide bonds. The Hall–Kier alpha value is -1.02. The molecule has 1 aromatic carbocycles. The highest BCUT2D eigenvalue weighted by Gasteiger charge is 2.30. The van der Waals surface area contributed by atoms with Crippen molar-refractivity contribution in [1.29, 1.82) is 0 Å². The van der Waals surface area contributed by atoms with Crippen LogP contribution in [0.15, 0.2) is 18.2 Å². The Kier molecular flexibility index (Phi) is 3.43. The Bertz CT molecular complexity index is 396. The summed E-state index contributed by atoms with van der Waals surface area (Å²) in [4.78, 5) is 0. The molecular weight excluding hydrogens is 212 g/mol. The van der Waals surface area contributed by atoms with Crippen LogP contribution in [0.3, 0.4) is 0 Å². The second-order valence-electron chi connectivity index (χ2n) is 5.56. The number of hydrogen-bond acceptors (Lipinski definition) is 2. The number of ether oxygens (including phenoxy) is 1. The van der Waals surface area contributed by atoms with Gasteiger partial charge in [-0.25, -0.2) is 0 Å². The Labute approximate surface area is 104 Å². The fourth-order valence-electron chi connectivity index (χ4n) is 2.40. The third kappa shape index (κ3) is 2.81. The molecule has 0 fully saturated rings. The summed E-state index contributed by atoms with van der Waals surface area (Å²) in [6.45, 7) is 6.34. The summed E-state index contributed by atoms with van der Waals surface area (Å²) in [6.07, 6.45) is 3.64. The number of fused-ring (bicyclic) bond motifs is 1. The predicted octanol–water partition coefficient (Wildman–Crippen LogP) is 3.62. The molecule has 17 heavy (non-hydrogen) atoms. The van der Waals surface area contributed by atoms with Gasteiger partial charge in [0.2, 0.25) is 0 Å². The molecule has 0 saturated carbocycles. The first-order valence-electron chi connectivity index (χ1n) is 6.52. The summed E-state index contributed by atoms with van der Waals surface area (Å²) in [7, 11) is 0. The quantitative estimate of drug-likeness (QED) is 0.862. The van der Waals surface area contributed by atoms with Gasteiger partial charge < -0.3 is 9.84 Å². The average Bonchev–Trinajstić information content (AvgIpc) is 2.58. The van der Waals surface area contributed by atoms with E-state index in [4.69, 9.17) is 4.74 Å². The number of rotatable bonds is 4. The zero-order valence-electron chi connectivity index (χ0n) is 11.0. The van der Waals surface area contributed by atoms with Gasteiger partial charge in [-0.05, 0) is 43.5 Å². The summed E-state index contributed by atoms with van der Waals surface area (Å²) in [5.74, 6) is 0.974. The van der Waals surface area contributed by atoms with E-state index in [1.54, 1.807) is 0 Å². The van der Waals surface area contributed by atoms with Gasteiger partial charge in [0.1, 0.15) is 11.4 Å². The van der Waals surface area contributed by atoms with Crippen molar-refractivity contribution in [3.63, 3.8) is 0 Å². The number of aliphatic hydroxyl groups is 1. The number of benzene rings is 1. The summed E-state index contributed by atoms with van der Waals surface area (Å²) in [6, 6.07) is 6.08. The largest absolute Gasteiger partial charge is 0.487 e. The van der Waals surface area contributed by atoms with E-state index >= 15 is 0 Å². The first-order chi connectivity index (χ1) is 8.02. The predicted molar refractivity (Wildman–Crippen MR) is 69.3 cm³/mol. The van der Waals surface area contributed by atoms with E-state index in [0.29, 0.717) is 0 Å². The highest BCUT2D eigenvalue weighted by atomic mass is 16.5. The monoisotopic (exact) mass is 234 g/mol. The molecule has 0 aliphatic carbocycles. The second kappa shape index (κ2) is 4.69. The molecule has 1 aliphatic heterocycles. The van der Waals surface area contributed by atoms with Crippen molar-refractivity contribution in [3.05, 3.63) is 29.3 Å². The summed E-state index contributed by atoms with van der Waals surface area (Å²) >= 11 is 0. The highest BCUT2D eigenvalue weighted by molar-refractivity contribution is 5.42. The van der Waals surface area contributed by atoms with E-state index in [-0.39, 0.29) is 11.7 Å². The standard InChI is InChI=1S/C15H22O2/c1-4-5-6-13(16)11-7-8-14-12(9-11)10-15(2,3)17-14/h7-9,13,16H,4-6,10H2,1-3H3. The SMILES string of the molecule is CCCCC(O)c1ccc2c(c1)CC(C)(C)O2. The topological polar surface area (TPSA) is 29.5 Å². The summed E-state index contributed by atoms with van der Waals surface area (Å²) in [5, 5.41) is 10.1. The summed E-state index contributed by atoms with van der Waals surface area (Å²) < 4.78 is 5.83. The second-order valence-corrected chi connectivity index (χ2v) is 5.56. The number of unbranched alkanes of at least 4 members (excludes halogenated alkanes) is 1. The van der Waals surface area contributed by atoms with Crippen molar-refractivity contribution >= 4 is 0 Å². The van der Waals surface area contributed by atoms with E-state index in [1.165, 1.54) is 5.56 Å². The van der Waals surface area contributed by atoms with Crippen LogP contribution in [0.25, 0.3) is 0 Å². The normalized spacial score (nSPS) is 18.6. The van der Waals surface area contributed by atoms with Crippen LogP contribution >= 0.6 is 0 Å². The van der Waals surface area contributed by atoms with Crippen LogP contribution in [0.4, 0.5) is 0 Å². The maximum atomic E-state index is 10.1. The van der Waals surface area contributed by atoms with Crippen LogP contribution in [0, 0.1) is 0 Å². The van der Waals surface area contributed by atoms with E-state index < -0.39 is 0 Å². The molecule has 2 nitrogen and oxygen atoms in total. The van der Waals surface area contributed by atoms with Crippen molar-refractivity contribution in [1.82, 2.24) is 0 Å². The molecule has 1 aromatic rings. The number of hydrogen-bond donors (Lipinski definition) is 1. The van der Waals surface area contributed by atoms with Crippen LogP contribution < -0.4 is 4.74 Å². The minimum absolute atomic E-state index is 0.102. The van der Waals surface area contributed by atoms with Crippen molar-refractivity contribution in [2.24, 2.45) is 0 Å². The minimum Gasteiger partial charge on any atom is -0.487 e. The maximum Gasteiger partial charge on any atom is 0.123 e. The van der Waals surface area contributed by atoms with Crippen LogP contribution in [0.5, 0.6) is 5.75 Å². The molecule has 0 spiro atoms. The van der Waals surface area contributed by atoms with Crippen molar-refractivity contribution in [2.75, 3.05) is 0 Å². The smallest absolute Gasteiger partial charge is 0.123 e.